The molecule has 10 nitrogen and oxygen atoms in total. The van der Waals surface area contributed by atoms with E-state index in [-0.39, 0.29) is 17.5 Å². The van der Waals surface area contributed by atoms with Crippen molar-refractivity contribution in [2.45, 2.75) is 39.2 Å². The van der Waals surface area contributed by atoms with Gasteiger partial charge in [0.2, 0.25) is 0 Å². The molecule has 1 aliphatic carbocycles. The number of carbonyl (C=O) groups is 2. The van der Waals surface area contributed by atoms with E-state index in [1.54, 1.807) is 24.0 Å². The van der Waals surface area contributed by atoms with Crippen LogP contribution in [0.15, 0.2) is 30.7 Å². The molecule has 0 radical (unpaired) electrons. The number of anilines is 1. The van der Waals surface area contributed by atoms with Crippen LogP contribution in [-0.2, 0) is 9.47 Å². The zero-order chi connectivity index (χ0) is 24.4. The molecule has 2 aromatic heterocycles. The highest BCUT2D eigenvalue weighted by Crippen LogP contribution is 2.47. The maximum absolute atomic E-state index is 12.1. The van der Waals surface area contributed by atoms with Gasteiger partial charge in [-0.1, -0.05) is 0 Å². The number of carbonyl (C=O) groups excluding carboxylic acids is 2. The molecule has 1 amide bonds. The summed E-state index contributed by atoms with van der Waals surface area (Å²) in [5.41, 5.74) is 1.56. The van der Waals surface area contributed by atoms with Crippen LogP contribution in [0.3, 0.4) is 0 Å². The van der Waals surface area contributed by atoms with Crippen LogP contribution in [-0.4, -0.2) is 95.2 Å². The van der Waals surface area contributed by atoms with Crippen molar-refractivity contribution in [2.24, 2.45) is 5.41 Å². The summed E-state index contributed by atoms with van der Waals surface area (Å²) in [6, 6.07) is 4.43. The summed E-state index contributed by atoms with van der Waals surface area (Å²) in [7, 11) is 0. The second kappa shape index (κ2) is 9.85. The number of hydrogen-bond donors (Lipinski definition) is 0. The number of piperazine rings is 1. The number of pyridine rings is 1. The number of likely N-dealkylation sites (tertiary alicyclic amines) is 1. The molecule has 0 bridgehead atoms. The molecule has 3 aliphatic rings. The van der Waals surface area contributed by atoms with E-state index in [9.17, 15) is 9.59 Å². The quantitative estimate of drug-likeness (QED) is 0.580. The van der Waals surface area contributed by atoms with E-state index < -0.39 is 0 Å². The van der Waals surface area contributed by atoms with Gasteiger partial charge in [0.15, 0.2) is 5.82 Å². The van der Waals surface area contributed by atoms with Crippen LogP contribution in [0.4, 0.5) is 10.6 Å². The van der Waals surface area contributed by atoms with Gasteiger partial charge >= 0.3 is 12.1 Å². The third kappa shape index (κ3) is 4.71. The minimum absolute atomic E-state index is 0.173. The molecule has 0 aromatic carbocycles. The van der Waals surface area contributed by atoms with E-state index in [1.165, 1.54) is 19.0 Å². The fourth-order valence-corrected chi connectivity index (χ4v) is 5.77. The van der Waals surface area contributed by atoms with Crippen molar-refractivity contribution in [3.63, 3.8) is 0 Å². The molecule has 0 N–H and O–H groups in total. The third-order valence-electron chi connectivity index (χ3n) is 7.49. The lowest BCUT2D eigenvalue weighted by Crippen LogP contribution is -2.58. The van der Waals surface area contributed by atoms with Crippen LogP contribution in [0.1, 0.15) is 43.5 Å². The SMILES string of the molecule is CCOC(=O)c1cnn(-c2cccnc2N2CCN([C@@H]3CCC4(C3)CN(C(=O)OCC)C4)CC2)c1. The lowest BCUT2D eigenvalue weighted by molar-refractivity contribution is -0.00294. The van der Waals surface area contributed by atoms with Gasteiger partial charge in [-0.3, -0.25) is 4.90 Å². The average Bonchev–Trinajstić information content (AvgIpc) is 3.52. The molecule has 0 unspecified atom stereocenters. The van der Waals surface area contributed by atoms with E-state index in [4.69, 9.17) is 9.47 Å². The van der Waals surface area contributed by atoms with Crippen LogP contribution in [0.5, 0.6) is 0 Å². The lowest BCUT2D eigenvalue weighted by atomic mass is 9.78. The van der Waals surface area contributed by atoms with E-state index in [0.717, 1.165) is 57.2 Å². The molecule has 188 valence electrons. The molecular weight excluding hydrogens is 448 g/mol. The second-order valence-electron chi connectivity index (χ2n) is 9.71. The molecule has 1 spiro atoms. The van der Waals surface area contributed by atoms with E-state index >= 15 is 0 Å². The Hall–Kier alpha value is -3.14. The van der Waals surface area contributed by atoms with Crippen molar-refractivity contribution in [3.8, 4) is 5.69 Å². The molecule has 5 rings (SSSR count). The van der Waals surface area contributed by atoms with Gasteiger partial charge in [-0.25, -0.2) is 19.3 Å². The molecule has 1 atom stereocenters. The first kappa shape index (κ1) is 23.6. The lowest BCUT2D eigenvalue weighted by Gasteiger charge is -2.48. The zero-order valence-corrected chi connectivity index (χ0v) is 20.6. The summed E-state index contributed by atoms with van der Waals surface area (Å²) < 4.78 is 11.9. The highest BCUT2D eigenvalue weighted by atomic mass is 16.6. The Bertz CT molecular complexity index is 1060. The summed E-state index contributed by atoms with van der Waals surface area (Å²) in [5, 5.41) is 4.39. The molecule has 1 saturated carbocycles. The van der Waals surface area contributed by atoms with Crippen LogP contribution in [0, 0.1) is 5.41 Å². The number of hydrogen-bond acceptors (Lipinski definition) is 8. The van der Waals surface area contributed by atoms with Gasteiger partial charge < -0.3 is 19.3 Å². The van der Waals surface area contributed by atoms with Crippen LogP contribution in [0.2, 0.25) is 0 Å². The Balaban J connectivity index is 1.18. The number of amides is 1. The molecule has 10 heteroatoms. The number of aromatic nitrogens is 3. The van der Waals surface area contributed by atoms with Crippen molar-refractivity contribution >= 4 is 17.9 Å². The number of nitrogens with zero attached hydrogens (tertiary/aromatic N) is 6. The van der Waals surface area contributed by atoms with Gasteiger partial charge in [0.25, 0.3) is 0 Å². The topological polar surface area (TPSA) is 93.0 Å². The summed E-state index contributed by atoms with van der Waals surface area (Å²) >= 11 is 0. The standard InChI is InChI=1S/C25H34N6O4/c1-3-34-23(32)19-15-27-31(16-19)21-6-5-9-26-22(21)29-12-10-28(11-13-29)20-7-8-25(14-20)17-30(18-25)24(33)35-4-2/h5-6,9,15-16,20H,3-4,7-8,10-14,17-18H2,1-2H3/t20-/m1/s1. The van der Waals surface area contributed by atoms with Gasteiger partial charge in [-0.15, -0.1) is 0 Å². The summed E-state index contributed by atoms with van der Waals surface area (Å²) in [6.07, 6.45) is 8.38. The summed E-state index contributed by atoms with van der Waals surface area (Å²) in [4.78, 5) is 35.4. The molecule has 35 heavy (non-hydrogen) atoms. The molecule has 2 aliphatic heterocycles. The van der Waals surface area contributed by atoms with Crippen molar-refractivity contribution < 1.29 is 19.1 Å². The van der Waals surface area contributed by atoms with Gasteiger partial charge in [0, 0.05) is 63.1 Å². The molecular formula is C25H34N6O4. The smallest absolute Gasteiger partial charge is 0.409 e. The van der Waals surface area contributed by atoms with Gasteiger partial charge in [0.1, 0.15) is 5.69 Å². The Morgan fingerprint density at radius 2 is 1.89 bits per heavy atom. The Kier molecular flexibility index (Phi) is 6.64. The van der Waals surface area contributed by atoms with Crippen molar-refractivity contribution in [1.29, 1.82) is 0 Å². The molecule has 3 fully saturated rings. The van der Waals surface area contributed by atoms with Gasteiger partial charge in [0.05, 0.1) is 25.0 Å². The van der Waals surface area contributed by atoms with E-state index in [0.29, 0.717) is 24.8 Å². The van der Waals surface area contributed by atoms with Crippen LogP contribution in [0.25, 0.3) is 5.69 Å². The summed E-state index contributed by atoms with van der Waals surface area (Å²) in [5.74, 6) is 0.501. The van der Waals surface area contributed by atoms with Crippen LogP contribution < -0.4 is 4.90 Å². The fourth-order valence-electron chi connectivity index (χ4n) is 5.77. The minimum Gasteiger partial charge on any atom is -0.462 e. The highest BCUT2D eigenvalue weighted by Gasteiger charge is 2.51. The first-order valence-corrected chi connectivity index (χ1v) is 12.6. The number of esters is 1. The highest BCUT2D eigenvalue weighted by molar-refractivity contribution is 5.88. The third-order valence-corrected chi connectivity index (χ3v) is 7.49. The van der Waals surface area contributed by atoms with E-state index in [2.05, 4.69) is 19.9 Å². The zero-order valence-electron chi connectivity index (χ0n) is 20.6. The largest absolute Gasteiger partial charge is 0.462 e. The maximum Gasteiger partial charge on any atom is 0.409 e. The monoisotopic (exact) mass is 482 g/mol. The number of ether oxygens (including phenoxy) is 2. The first-order valence-electron chi connectivity index (χ1n) is 12.6. The predicted molar refractivity (Wildman–Crippen MR) is 130 cm³/mol. The van der Waals surface area contributed by atoms with Crippen molar-refractivity contribution in [3.05, 3.63) is 36.3 Å². The van der Waals surface area contributed by atoms with Crippen LogP contribution >= 0.6 is 0 Å². The Labute approximate surface area is 205 Å². The van der Waals surface area contributed by atoms with E-state index in [1.807, 2.05) is 24.0 Å². The first-order chi connectivity index (χ1) is 17.0. The fraction of sp³-hybridized carbons (Fsp3) is 0.600. The minimum atomic E-state index is -0.371. The molecule has 2 aromatic rings. The normalized spacial score (nSPS) is 21.7. The maximum atomic E-state index is 12.1. The molecule has 4 heterocycles. The summed E-state index contributed by atoms with van der Waals surface area (Å²) in [6.45, 7) is 9.78. The van der Waals surface area contributed by atoms with Crippen molar-refractivity contribution in [2.75, 3.05) is 57.4 Å². The average molecular weight is 483 g/mol. The Morgan fingerprint density at radius 1 is 1.11 bits per heavy atom. The van der Waals surface area contributed by atoms with Crippen molar-refractivity contribution in [1.82, 2.24) is 24.6 Å². The number of rotatable bonds is 6. The predicted octanol–water partition coefficient (Wildman–Crippen LogP) is 2.58. The second-order valence-corrected chi connectivity index (χ2v) is 9.71. The van der Waals surface area contributed by atoms with Gasteiger partial charge in [-0.2, -0.15) is 5.10 Å². The van der Waals surface area contributed by atoms with Gasteiger partial charge in [-0.05, 0) is 45.2 Å². The molecule has 2 saturated heterocycles. The Morgan fingerprint density at radius 3 is 2.63 bits per heavy atom.